The van der Waals surface area contributed by atoms with E-state index >= 15 is 0 Å². The largest absolute Gasteiger partial charge is 0.492 e. The van der Waals surface area contributed by atoms with Crippen LogP contribution in [0.5, 0.6) is 5.75 Å². The van der Waals surface area contributed by atoms with E-state index in [1.54, 1.807) is 0 Å². The maximum Gasteiger partial charge on any atom is 0.301 e. The Bertz CT molecular complexity index is 1230. The molecule has 0 radical (unpaired) electrons. The molecule has 10 nitrogen and oxygen atoms in total. The second-order valence-corrected chi connectivity index (χ2v) is 8.47. The molecule has 0 aliphatic carbocycles. The van der Waals surface area contributed by atoms with E-state index in [1.807, 2.05) is 54.6 Å². The number of anilines is 1. The monoisotopic (exact) mass is 489 g/mol. The third kappa shape index (κ3) is 6.63. The van der Waals surface area contributed by atoms with Gasteiger partial charge in [0.15, 0.2) is 0 Å². The summed E-state index contributed by atoms with van der Waals surface area (Å²) in [5.41, 5.74) is 4.52. The van der Waals surface area contributed by atoms with Crippen molar-refractivity contribution in [1.82, 2.24) is 4.90 Å². The molecule has 10 heteroatoms. The van der Waals surface area contributed by atoms with Crippen LogP contribution in [0.1, 0.15) is 24.0 Å². The SMILES string of the molecule is O=[N+]([O-])c1ccc(N/N=C(\Cc2ccccc2)c2ccc(OCCN3CCCC3)cc2)c([N+](=O)[O-])c1. The Hall–Kier alpha value is -4.31. The Kier molecular flexibility index (Phi) is 8.20. The van der Waals surface area contributed by atoms with Crippen LogP contribution < -0.4 is 10.2 Å². The van der Waals surface area contributed by atoms with E-state index < -0.39 is 15.5 Å². The molecule has 0 bridgehead atoms. The van der Waals surface area contributed by atoms with E-state index in [0.717, 1.165) is 42.6 Å². The molecule has 1 aliphatic rings. The zero-order valence-electron chi connectivity index (χ0n) is 19.7. The van der Waals surface area contributed by atoms with Gasteiger partial charge in [0.2, 0.25) is 0 Å². The number of ether oxygens (including phenoxy) is 1. The second kappa shape index (κ2) is 11.9. The first-order chi connectivity index (χ1) is 17.5. The predicted octanol–water partition coefficient (Wildman–Crippen LogP) is 5.04. The number of nitro groups is 2. The van der Waals surface area contributed by atoms with Crippen LogP contribution >= 0.6 is 0 Å². The first-order valence-electron chi connectivity index (χ1n) is 11.7. The Morgan fingerprint density at radius 1 is 0.944 bits per heavy atom. The third-order valence-corrected chi connectivity index (χ3v) is 5.98. The van der Waals surface area contributed by atoms with Crippen molar-refractivity contribution in [3.63, 3.8) is 0 Å². The second-order valence-electron chi connectivity index (χ2n) is 8.47. The average molecular weight is 490 g/mol. The summed E-state index contributed by atoms with van der Waals surface area (Å²) in [5, 5.41) is 27.0. The van der Waals surface area contributed by atoms with Crippen LogP contribution in [0.15, 0.2) is 77.9 Å². The van der Waals surface area contributed by atoms with Crippen molar-refractivity contribution < 1.29 is 14.6 Å². The number of hydrazone groups is 1. The number of hydrogen-bond donors (Lipinski definition) is 1. The van der Waals surface area contributed by atoms with Gasteiger partial charge in [-0.3, -0.25) is 30.6 Å². The van der Waals surface area contributed by atoms with Gasteiger partial charge in [-0.2, -0.15) is 5.10 Å². The molecule has 36 heavy (non-hydrogen) atoms. The van der Waals surface area contributed by atoms with E-state index in [-0.39, 0.29) is 11.4 Å². The molecule has 0 spiro atoms. The van der Waals surface area contributed by atoms with Gasteiger partial charge in [0.05, 0.1) is 21.6 Å². The van der Waals surface area contributed by atoms with Crippen molar-refractivity contribution in [2.45, 2.75) is 19.3 Å². The topological polar surface area (TPSA) is 123 Å². The third-order valence-electron chi connectivity index (χ3n) is 5.98. The average Bonchev–Trinajstić information content (AvgIpc) is 3.41. The number of nitrogens with one attached hydrogen (secondary N) is 1. The summed E-state index contributed by atoms with van der Waals surface area (Å²) in [6, 6.07) is 20.7. The van der Waals surface area contributed by atoms with Crippen molar-refractivity contribution in [2.75, 3.05) is 31.7 Å². The van der Waals surface area contributed by atoms with Crippen LogP contribution in [0.25, 0.3) is 0 Å². The minimum absolute atomic E-state index is 0.0676. The van der Waals surface area contributed by atoms with Crippen LogP contribution in [0, 0.1) is 20.2 Å². The molecular formula is C26H27N5O5. The fourth-order valence-electron chi connectivity index (χ4n) is 4.04. The summed E-state index contributed by atoms with van der Waals surface area (Å²) in [5.74, 6) is 0.760. The van der Waals surface area contributed by atoms with Crippen molar-refractivity contribution in [2.24, 2.45) is 5.10 Å². The molecule has 1 saturated heterocycles. The molecule has 1 fully saturated rings. The molecule has 0 saturated carbocycles. The first-order valence-corrected chi connectivity index (χ1v) is 11.7. The molecule has 4 rings (SSSR count). The lowest BCUT2D eigenvalue weighted by molar-refractivity contribution is -0.393. The highest BCUT2D eigenvalue weighted by molar-refractivity contribution is 6.02. The standard InChI is InChI=1S/C26H27N5O5/c32-30(33)22-10-13-24(26(19-22)31(34)35)27-28-25(18-20-6-2-1-3-7-20)21-8-11-23(12-9-21)36-17-16-29-14-4-5-15-29/h1-3,6-13,19,27H,4-5,14-18H2/b28-25+. The summed E-state index contributed by atoms with van der Waals surface area (Å²) in [7, 11) is 0. The van der Waals surface area contributed by atoms with E-state index in [1.165, 1.54) is 25.0 Å². The van der Waals surface area contributed by atoms with Gasteiger partial charge in [-0.15, -0.1) is 0 Å². The Morgan fingerprint density at radius 3 is 2.33 bits per heavy atom. The molecule has 0 aromatic heterocycles. The van der Waals surface area contributed by atoms with Crippen molar-refractivity contribution >= 4 is 22.8 Å². The van der Waals surface area contributed by atoms with E-state index in [0.29, 0.717) is 18.7 Å². The van der Waals surface area contributed by atoms with Crippen molar-refractivity contribution in [3.05, 3.63) is 104 Å². The maximum atomic E-state index is 11.5. The van der Waals surface area contributed by atoms with Gasteiger partial charge < -0.3 is 4.74 Å². The number of hydrogen-bond acceptors (Lipinski definition) is 8. The Labute approximate surface area is 208 Å². The minimum Gasteiger partial charge on any atom is -0.492 e. The molecule has 0 unspecified atom stereocenters. The highest BCUT2D eigenvalue weighted by Crippen LogP contribution is 2.29. The first kappa shape index (κ1) is 24.8. The smallest absolute Gasteiger partial charge is 0.301 e. The van der Waals surface area contributed by atoms with Gasteiger partial charge in [0, 0.05) is 19.0 Å². The molecule has 1 aliphatic heterocycles. The summed E-state index contributed by atoms with van der Waals surface area (Å²) in [4.78, 5) is 23.6. The normalized spacial score (nSPS) is 13.9. The summed E-state index contributed by atoms with van der Waals surface area (Å²) < 4.78 is 5.90. The van der Waals surface area contributed by atoms with E-state index in [4.69, 9.17) is 4.74 Å². The fraction of sp³-hybridized carbons (Fsp3) is 0.269. The lowest BCUT2D eigenvalue weighted by atomic mass is 10.0. The molecule has 0 amide bonds. The molecule has 3 aromatic carbocycles. The number of likely N-dealkylation sites (tertiary alicyclic amines) is 1. The Morgan fingerprint density at radius 2 is 1.67 bits per heavy atom. The highest BCUT2D eigenvalue weighted by Gasteiger charge is 2.19. The highest BCUT2D eigenvalue weighted by atomic mass is 16.6. The lowest BCUT2D eigenvalue weighted by Gasteiger charge is -2.15. The van der Waals surface area contributed by atoms with Gasteiger partial charge in [0.25, 0.3) is 5.69 Å². The molecule has 0 atom stereocenters. The molecule has 1 N–H and O–H groups in total. The van der Waals surface area contributed by atoms with Gasteiger partial charge in [-0.25, -0.2) is 0 Å². The molecular weight excluding hydrogens is 462 g/mol. The van der Waals surface area contributed by atoms with Crippen LogP contribution in [-0.4, -0.2) is 46.7 Å². The number of nitrogens with zero attached hydrogens (tertiary/aromatic N) is 4. The van der Waals surface area contributed by atoms with Crippen LogP contribution in [0.4, 0.5) is 17.1 Å². The summed E-state index contributed by atoms with van der Waals surface area (Å²) >= 11 is 0. The van der Waals surface area contributed by atoms with E-state index in [2.05, 4.69) is 15.4 Å². The number of rotatable bonds is 11. The fourth-order valence-corrected chi connectivity index (χ4v) is 4.04. The van der Waals surface area contributed by atoms with Crippen LogP contribution in [-0.2, 0) is 6.42 Å². The van der Waals surface area contributed by atoms with Crippen LogP contribution in [0.3, 0.4) is 0 Å². The predicted molar refractivity (Wildman–Crippen MR) is 138 cm³/mol. The number of nitro benzene ring substituents is 2. The molecule has 3 aromatic rings. The number of benzene rings is 3. The van der Waals surface area contributed by atoms with Gasteiger partial charge in [-0.1, -0.05) is 30.3 Å². The number of non-ortho nitro benzene ring substituents is 1. The van der Waals surface area contributed by atoms with Gasteiger partial charge in [0.1, 0.15) is 18.0 Å². The van der Waals surface area contributed by atoms with Crippen molar-refractivity contribution in [3.8, 4) is 5.75 Å². The van der Waals surface area contributed by atoms with Crippen molar-refractivity contribution in [1.29, 1.82) is 0 Å². The Balaban J connectivity index is 1.53. The summed E-state index contributed by atoms with van der Waals surface area (Å²) in [6.45, 7) is 3.78. The molecule has 1 heterocycles. The zero-order chi connectivity index (χ0) is 25.3. The maximum absolute atomic E-state index is 11.5. The van der Waals surface area contributed by atoms with E-state index in [9.17, 15) is 20.2 Å². The van der Waals surface area contributed by atoms with Gasteiger partial charge >= 0.3 is 5.69 Å². The summed E-state index contributed by atoms with van der Waals surface area (Å²) in [6.07, 6.45) is 2.97. The quantitative estimate of drug-likeness (QED) is 0.227. The zero-order valence-corrected chi connectivity index (χ0v) is 19.7. The molecule has 186 valence electrons. The minimum atomic E-state index is -0.671. The van der Waals surface area contributed by atoms with Gasteiger partial charge in [-0.05, 0) is 67.4 Å². The lowest BCUT2D eigenvalue weighted by Crippen LogP contribution is -2.25. The van der Waals surface area contributed by atoms with Crippen LogP contribution in [0.2, 0.25) is 0 Å².